The van der Waals surface area contributed by atoms with Crippen LogP contribution in [0.5, 0.6) is 0 Å². The molecule has 0 saturated heterocycles. The van der Waals surface area contributed by atoms with Gasteiger partial charge in [-0.2, -0.15) is 0 Å². The monoisotopic (exact) mass is 128 g/mol. The fourth-order valence-electron chi connectivity index (χ4n) is 1.65. The van der Waals surface area contributed by atoms with E-state index in [1.54, 1.807) is 0 Å². The van der Waals surface area contributed by atoms with E-state index in [2.05, 4.69) is 13.8 Å². The Hall–Kier alpha value is -0.0400. The van der Waals surface area contributed by atoms with E-state index in [0.717, 1.165) is 12.3 Å². The van der Waals surface area contributed by atoms with Crippen molar-refractivity contribution in [3.63, 3.8) is 0 Å². The molecule has 0 radical (unpaired) electrons. The van der Waals surface area contributed by atoms with Gasteiger partial charge in [0, 0.05) is 0 Å². The number of rotatable bonds is 0. The SMILES string of the molecule is C[C@@H]1CC[C@@H](O)[C@@H](C)C1. The molecule has 3 atom stereocenters. The van der Waals surface area contributed by atoms with E-state index in [1.165, 1.54) is 12.8 Å². The summed E-state index contributed by atoms with van der Waals surface area (Å²) in [5.41, 5.74) is 0. The molecule has 1 nitrogen and oxygen atoms in total. The maximum Gasteiger partial charge on any atom is 0.0566 e. The van der Waals surface area contributed by atoms with Crippen molar-refractivity contribution in [1.29, 1.82) is 0 Å². The summed E-state index contributed by atoms with van der Waals surface area (Å²) in [6.45, 7) is 4.41. The van der Waals surface area contributed by atoms with Crippen LogP contribution >= 0.6 is 0 Å². The van der Waals surface area contributed by atoms with Gasteiger partial charge in [0.25, 0.3) is 0 Å². The molecular weight excluding hydrogens is 112 g/mol. The van der Waals surface area contributed by atoms with Crippen LogP contribution in [-0.2, 0) is 0 Å². The lowest BCUT2D eigenvalue weighted by atomic mass is 9.81. The van der Waals surface area contributed by atoms with Crippen LogP contribution in [0.1, 0.15) is 33.1 Å². The highest BCUT2D eigenvalue weighted by Gasteiger charge is 2.22. The smallest absolute Gasteiger partial charge is 0.0566 e. The third-order valence-electron chi connectivity index (χ3n) is 2.39. The van der Waals surface area contributed by atoms with Gasteiger partial charge >= 0.3 is 0 Å². The predicted molar refractivity (Wildman–Crippen MR) is 38.2 cm³/mol. The molecule has 1 saturated carbocycles. The van der Waals surface area contributed by atoms with Crippen LogP contribution in [-0.4, -0.2) is 11.2 Å². The minimum absolute atomic E-state index is 0.0128. The average molecular weight is 128 g/mol. The van der Waals surface area contributed by atoms with Crippen LogP contribution in [0.2, 0.25) is 0 Å². The summed E-state index contributed by atoms with van der Waals surface area (Å²) in [6.07, 6.45) is 3.43. The second-order valence-corrected chi connectivity index (χ2v) is 3.46. The Labute approximate surface area is 57.1 Å². The molecular formula is C8H16O. The van der Waals surface area contributed by atoms with Gasteiger partial charge in [-0.1, -0.05) is 13.8 Å². The first kappa shape index (κ1) is 7.07. The first-order valence-electron chi connectivity index (χ1n) is 3.88. The van der Waals surface area contributed by atoms with Gasteiger partial charge in [0.1, 0.15) is 0 Å². The lowest BCUT2D eigenvalue weighted by Gasteiger charge is -2.28. The van der Waals surface area contributed by atoms with Crippen molar-refractivity contribution in [1.82, 2.24) is 0 Å². The van der Waals surface area contributed by atoms with Crippen LogP contribution in [0.4, 0.5) is 0 Å². The molecule has 1 rings (SSSR count). The van der Waals surface area contributed by atoms with E-state index in [9.17, 15) is 5.11 Å². The highest BCUT2D eigenvalue weighted by Crippen LogP contribution is 2.28. The number of hydrogen-bond acceptors (Lipinski definition) is 1. The largest absolute Gasteiger partial charge is 0.393 e. The van der Waals surface area contributed by atoms with Gasteiger partial charge in [-0.3, -0.25) is 0 Å². The quantitative estimate of drug-likeness (QED) is 0.527. The Bertz CT molecular complexity index is 90.6. The Morgan fingerprint density at radius 1 is 1.22 bits per heavy atom. The van der Waals surface area contributed by atoms with Crippen molar-refractivity contribution >= 4 is 0 Å². The predicted octanol–water partition coefficient (Wildman–Crippen LogP) is 1.80. The Morgan fingerprint density at radius 2 is 1.89 bits per heavy atom. The summed E-state index contributed by atoms with van der Waals surface area (Å²) < 4.78 is 0. The van der Waals surface area contributed by atoms with E-state index < -0.39 is 0 Å². The molecule has 1 heteroatoms. The fourth-order valence-corrected chi connectivity index (χ4v) is 1.65. The highest BCUT2D eigenvalue weighted by atomic mass is 16.3. The molecule has 0 aliphatic heterocycles. The molecule has 1 N–H and O–H groups in total. The van der Waals surface area contributed by atoms with Crippen molar-refractivity contribution in [2.45, 2.75) is 39.2 Å². The summed E-state index contributed by atoms with van der Waals surface area (Å²) in [6, 6.07) is 0. The minimum Gasteiger partial charge on any atom is -0.393 e. The van der Waals surface area contributed by atoms with Crippen LogP contribution < -0.4 is 0 Å². The second-order valence-electron chi connectivity index (χ2n) is 3.46. The summed E-state index contributed by atoms with van der Waals surface area (Å²) in [5.74, 6) is 1.37. The number of aliphatic hydroxyl groups excluding tert-OH is 1. The van der Waals surface area contributed by atoms with Crippen molar-refractivity contribution in [3.05, 3.63) is 0 Å². The van der Waals surface area contributed by atoms with E-state index in [4.69, 9.17) is 0 Å². The molecule has 1 aliphatic rings. The van der Waals surface area contributed by atoms with Crippen molar-refractivity contribution in [2.24, 2.45) is 11.8 Å². The molecule has 0 aromatic rings. The van der Waals surface area contributed by atoms with Crippen LogP contribution in [0, 0.1) is 11.8 Å². The van der Waals surface area contributed by atoms with E-state index in [0.29, 0.717) is 5.92 Å². The van der Waals surface area contributed by atoms with Crippen LogP contribution in [0.15, 0.2) is 0 Å². The average Bonchev–Trinajstić information content (AvgIpc) is 1.80. The number of aliphatic hydroxyl groups is 1. The first-order valence-corrected chi connectivity index (χ1v) is 3.88. The van der Waals surface area contributed by atoms with Gasteiger partial charge < -0.3 is 5.11 Å². The first-order chi connectivity index (χ1) is 4.20. The van der Waals surface area contributed by atoms with Gasteiger partial charge in [-0.25, -0.2) is 0 Å². The van der Waals surface area contributed by atoms with Gasteiger partial charge in [-0.15, -0.1) is 0 Å². The maximum atomic E-state index is 9.30. The zero-order valence-corrected chi connectivity index (χ0v) is 6.30. The minimum atomic E-state index is -0.0128. The second kappa shape index (κ2) is 2.70. The maximum absolute atomic E-state index is 9.30. The molecule has 1 fully saturated rings. The third kappa shape index (κ3) is 1.68. The molecule has 0 heterocycles. The summed E-state index contributed by atoms with van der Waals surface area (Å²) >= 11 is 0. The molecule has 0 aromatic carbocycles. The number of hydrogen-bond donors (Lipinski definition) is 1. The molecule has 54 valence electrons. The normalized spacial score (nSPS) is 45.0. The Morgan fingerprint density at radius 3 is 2.33 bits per heavy atom. The van der Waals surface area contributed by atoms with Gasteiger partial charge in [0.05, 0.1) is 6.10 Å². The van der Waals surface area contributed by atoms with E-state index in [-0.39, 0.29) is 6.10 Å². The Kier molecular flexibility index (Phi) is 2.12. The zero-order chi connectivity index (χ0) is 6.85. The summed E-state index contributed by atoms with van der Waals surface area (Å²) in [5, 5.41) is 9.30. The lowest BCUT2D eigenvalue weighted by Crippen LogP contribution is -2.25. The van der Waals surface area contributed by atoms with Crippen molar-refractivity contribution < 1.29 is 5.11 Å². The molecule has 0 unspecified atom stereocenters. The van der Waals surface area contributed by atoms with Crippen LogP contribution in [0.3, 0.4) is 0 Å². The standard InChI is InChI=1S/C8H16O/c1-6-3-4-8(9)7(2)5-6/h6-9H,3-5H2,1-2H3/t6-,7+,8-/m1/s1. The highest BCUT2D eigenvalue weighted by molar-refractivity contribution is 4.74. The molecule has 0 aromatic heterocycles. The summed E-state index contributed by atoms with van der Waals surface area (Å²) in [4.78, 5) is 0. The molecule has 0 bridgehead atoms. The molecule has 9 heavy (non-hydrogen) atoms. The van der Waals surface area contributed by atoms with Gasteiger partial charge in [0.2, 0.25) is 0 Å². The van der Waals surface area contributed by atoms with E-state index in [1.807, 2.05) is 0 Å². The topological polar surface area (TPSA) is 20.2 Å². The third-order valence-corrected chi connectivity index (χ3v) is 2.39. The van der Waals surface area contributed by atoms with Gasteiger partial charge in [0.15, 0.2) is 0 Å². The van der Waals surface area contributed by atoms with Crippen LogP contribution in [0.25, 0.3) is 0 Å². The Balaban J connectivity index is 2.35. The van der Waals surface area contributed by atoms with Gasteiger partial charge in [-0.05, 0) is 31.1 Å². The summed E-state index contributed by atoms with van der Waals surface area (Å²) in [7, 11) is 0. The van der Waals surface area contributed by atoms with Crippen molar-refractivity contribution in [3.8, 4) is 0 Å². The lowest BCUT2D eigenvalue weighted by molar-refractivity contribution is 0.0611. The molecule has 0 spiro atoms. The van der Waals surface area contributed by atoms with Crippen molar-refractivity contribution in [2.75, 3.05) is 0 Å². The zero-order valence-electron chi connectivity index (χ0n) is 6.30. The van der Waals surface area contributed by atoms with E-state index >= 15 is 0 Å². The molecule has 0 amide bonds. The fraction of sp³-hybridized carbons (Fsp3) is 1.00. The molecule has 1 aliphatic carbocycles.